The Hall–Kier alpha value is -3.13. The van der Waals surface area contributed by atoms with Gasteiger partial charge in [0.05, 0.1) is 29.4 Å². The summed E-state index contributed by atoms with van der Waals surface area (Å²) in [4.78, 5) is 12.4. The molecule has 0 bridgehead atoms. The van der Waals surface area contributed by atoms with Crippen molar-refractivity contribution in [2.75, 3.05) is 22.9 Å². The SMILES string of the molecule is CN(c1ccc(-c2ccccc2)cc1NC(=O)c1cn[nH]c1)S(C)(=O)=O. The minimum atomic E-state index is -3.48. The normalized spacial score (nSPS) is 11.2. The summed E-state index contributed by atoms with van der Waals surface area (Å²) in [7, 11) is -2.04. The van der Waals surface area contributed by atoms with Crippen LogP contribution < -0.4 is 9.62 Å². The lowest BCUT2D eigenvalue weighted by atomic mass is 10.0. The average molecular weight is 370 g/mol. The number of amides is 1. The van der Waals surface area contributed by atoms with Gasteiger partial charge >= 0.3 is 0 Å². The van der Waals surface area contributed by atoms with Crippen molar-refractivity contribution in [3.63, 3.8) is 0 Å². The molecular formula is C18H18N4O3S. The smallest absolute Gasteiger partial charge is 0.258 e. The number of sulfonamides is 1. The second-order valence-corrected chi connectivity index (χ2v) is 7.78. The van der Waals surface area contributed by atoms with E-state index in [2.05, 4.69) is 15.5 Å². The van der Waals surface area contributed by atoms with E-state index in [1.807, 2.05) is 36.4 Å². The van der Waals surface area contributed by atoms with E-state index in [1.54, 1.807) is 12.1 Å². The van der Waals surface area contributed by atoms with Crippen molar-refractivity contribution in [2.45, 2.75) is 0 Å². The second kappa shape index (κ2) is 7.01. The highest BCUT2D eigenvalue weighted by Gasteiger charge is 2.19. The summed E-state index contributed by atoms with van der Waals surface area (Å²) in [5.74, 6) is -0.382. The van der Waals surface area contributed by atoms with E-state index in [9.17, 15) is 13.2 Å². The highest BCUT2D eigenvalue weighted by atomic mass is 32.2. The first-order chi connectivity index (χ1) is 12.4. The van der Waals surface area contributed by atoms with Crippen LogP contribution in [0.3, 0.4) is 0 Å². The highest BCUT2D eigenvalue weighted by molar-refractivity contribution is 7.92. The zero-order chi connectivity index (χ0) is 18.7. The van der Waals surface area contributed by atoms with Gasteiger partial charge in [-0.25, -0.2) is 8.42 Å². The third kappa shape index (κ3) is 3.75. The summed E-state index contributed by atoms with van der Waals surface area (Å²) in [6, 6.07) is 14.9. The molecule has 0 aliphatic rings. The van der Waals surface area contributed by atoms with Gasteiger partial charge in [-0.3, -0.25) is 14.2 Å². The summed E-state index contributed by atoms with van der Waals surface area (Å²) < 4.78 is 25.0. The summed E-state index contributed by atoms with van der Waals surface area (Å²) in [5, 5.41) is 9.10. The summed E-state index contributed by atoms with van der Waals surface area (Å²) >= 11 is 0. The third-order valence-corrected chi connectivity index (χ3v) is 5.14. The van der Waals surface area contributed by atoms with Gasteiger partial charge in [-0.15, -0.1) is 0 Å². The van der Waals surface area contributed by atoms with Gasteiger partial charge in [-0.1, -0.05) is 36.4 Å². The van der Waals surface area contributed by atoms with Crippen molar-refractivity contribution in [1.29, 1.82) is 0 Å². The van der Waals surface area contributed by atoms with Crippen LogP contribution in [0.25, 0.3) is 11.1 Å². The Labute approximate surface area is 151 Å². The van der Waals surface area contributed by atoms with Crippen molar-refractivity contribution in [2.24, 2.45) is 0 Å². The number of benzene rings is 2. The molecule has 7 nitrogen and oxygen atoms in total. The average Bonchev–Trinajstić information content (AvgIpc) is 3.16. The minimum Gasteiger partial charge on any atom is -0.320 e. The molecule has 1 aromatic heterocycles. The summed E-state index contributed by atoms with van der Waals surface area (Å²) in [6.45, 7) is 0. The summed E-state index contributed by atoms with van der Waals surface area (Å²) in [5.41, 5.74) is 2.94. The van der Waals surface area contributed by atoms with Crippen molar-refractivity contribution < 1.29 is 13.2 Å². The van der Waals surface area contributed by atoms with Gasteiger partial charge in [0, 0.05) is 13.2 Å². The molecule has 134 valence electrons. The first-order valence-corrected chi connectivity index (χ1v) is 9.64. The van der Waals surface area contributed by atoms with E-state index in [-0.39, 0.29) is 5.91 Å². The van der Waals surface area contributed by atoms with E-state index < -0.39 is 10.0 Å². The number of nitrogens with zero attached hydrogens (tertiary/aromatic N) is 2. The topological polar surface area (TPSA) is 95.2 Å². The van der Waals surface area contributed by atoms with Gasteiger partial charge in [0.15, 0.2) is 0 Å². The predicted octanol–water partition coefficient (Wildman–Crippen LogP) is 2.72. The number of aromatic amines is 1. The molecule has 1 amide bonds. The summed E-state index contributed by atoms with van der Waals surface area (Å²) in [6.07, 6.45) is 3.98. The van der Waals surface area contributed by atoms with Gasteiger partial charge in [-0.05, 0) is 23.3 Å². The largest absolute Gasteiger partial charge is 0.320 e. The number of hydrogen-bond donors (Lipinski definition) is 2. The maximum Gasteiger partial charge on any atom is 0.258 e. The fourth-order valence-corrected chi connectivity index (χ4v) is 2.99. The lowest BCUT2D eigenvalue weighted by molar-refractivity contribution is 0.102. The van der Waals surface area contributed by atoms with Crippen LogP contribution in [-0.4, -0.2) is 37.8 Å². The fraction of sp³-hybridized carbons (Fsp3) is 0.111. The van der Waals surface area contributed by atoms with E-state index in [4.69, 9.17) is 0 Å². The number of carbonyl (C=O) groups excluding carboxylic acids is 1. The lowest BCUT2D eigenvalue weighted by Crippen LogP contribution is -2.26. The molecule has 0 spiro atoms. The monoisotopic (exact) mass is 370 g/mol. The Morgan fingerprint density at radius 3 is 2.46 bits per heavy atom. The van der Waals surface area contributed by atoms with Crippen molar-refractivity contribution >= 4 is 27.3 Å². The maximum absolute atomic E-state index is 12.4. The molecule has 0 atom stereocenters. The van der Waals surface area contributed by atoms with Gasteiger partial charge in [0.1, 0.15) is 0 Å². The van der Waals surface area contributed by atoms with Gasteiger partial charge in [-0.2, -0.15) is 5.10 Å². The van der Waals surface area contributed by atoms with E-state index in [1.165, 1.54) is 19.4 Å². The van der Waals surface area contributed by atoms with Crippen LogP contribution >= 0.6 is 0 Å². The molecule has 3 aromatic rings. The molecule has 0 aliphatic carbocycles. The number of rotatable bonds is 5. The van der Waals surface area contributed by atoms with Crippen molar-refractivity contribution in [3.05, 3.63) is 66.5 Å². The number of aromatic nitrogens is 2. The number of H-pyrrole nitrogens is 1. The first kappa shape index (κ1) is 17.7. The molecule has 2 N–H and O–H groups in total. The lowest BCUT2D eigenvalue weighted by Gasteiger charge is -2.21. The van der Waals surface area contributed by atoms with Crippen LogP contribution in [0.15, 0.2) is 60.9 Å². The molecule has 26 heavy (non-hydrogen) atoms. The molecule has 0 unspecified atom stereocenters. The number of nitrogens with one attached hydrogen (secondary N) is 2. The standard InChI is InChI=1S/C18H18N4O3S/c1-22(26(2,24)25)17-9-8-14(13-6-4-3-5-7-13)10-16(17)21-18(23)15-11-19-20-12-15/h3-12H,1-2H3,(H,19,20)(H,21,23). The van der Waals surface area contributed by atoms with Crippen LogP contribution in [-0.2, 0) is 10.0 Å². The van der Waals surface area contributed by atoms with E-state index in [0.717, 1.165) is 21.7 Å². The van der Waals surface area contributed by atoms with Gasteiger partial charge < -0.3 is 5.32 Å². The number of carbonyl (C=O) groups is 1. The molecule has 8 heteroatoms. The van der Waals surface area contributed by atoms with Crippen LogP contribution in [0.5, 0.6) is 0 Å². The molecule has 2 aromatic carbocycles. The zero-order valence-corrected chi connectivity index (χ0v) is 15.1. The quantitative estimate of drug-likeness (QED) is 0.722. The predicted molar refractivity (Wildman–Crippen MR) is 102 cm³/mol. The molecule has 0 saturated heterocycles. The van der Waals surface area contributed by atoms with E-state index in [0.29, 0.717) is 16.9 Å². The molecule has 1 heterocycles. The number of anilines is 2. The molecule has 0 radical (unpaired) electrons. The van der Waals surface area contributed by atoms with Crippen LogP contribution in [0.2, 0.25) is 0 Å². The highest BCUT2D eigenvalue weighted by Crippen LogP contribution is 2.32. The van der Waals surface area contributed by atoms with Gasteiger partial charge in [0.2, 0.25) is 10.0 Å². The third-order valence-electron chi connectivity index (χ3n) is 3.95. The van der Waals surface area contributed by atoms with Crippen molar-refractivity contribution in [3.8, 4) is 11.1 Å². The second-order valence-electron chi connectivity index (χ2n) is 5.77. The van der Waals surface area contributed by atoms with Gasteiger partial charge in [0.25, 0.3) is 5.91 Å². The van der Waals surface area contributed by atoms with Crippen LogP contribution in [0.1, 0.15) is 10.4 Å². The fourth-order valence-electron chi connectivity index (χ4n) is 2.47. The molecule has 0 fully saturated rings. The Morgan fingerprint density at radius 2 is 1.85 bits per heavy atom. The van der Waals surface area contributed by atoms with Crippen LogP contribution in [0, 0.1) is 0 Å². The van der Waals surface area contributed by atoms with Crippen molar-refractivity contribution in [1.82, 2.24) is 10.2 Å². The van der Waals surface area contributed by atoms with E-state index >= 15 is 0 Å². The maximum atomic E-state index is 12.4. The minimum absolute atomic E-state index is 0.350. The Kier molecular flexibility index (Phi) is 4.77. The Bertz CT molecular complexity index is 1020. The number of hydrogen-bond acceptors (Lipinski definition) is 4. The molecular weight excluding hydrogens is 352 g/mol. The molecule has 0 aliphatic heterocycles. The molecule has 3 rings (SSSR count). The zero-order valence-electron chi connectivity index (χ0n) is 14.3. The van der Waals surface area contributed by atoms with Crippen LogP contribution in [0.4, 0.5) is 11.4 Å². The Balaban J connectivity index is 2.05. The first-order valence-electron chi connectivity index (χ1n) is 7.80. The Morgan fingerprint density at radius 1 is 1.12 bits per heavy atom. The molecule has 0 saturated carbocycles.